The molecule has 1 saturated heterocycles. The number of urea groups is 1. The molecule has 2 aromatic rings. The molecule has 6 nitrogen and oxygen atoms in total. The van der Waals surface area contributed by atoms with Crippen LogP contribution < -0.4 is 5.32 Å². The molecule has 1 aromatic heterocycles. The molecule has 0 spiro atoms. The second kappa shape index (κ2) is 8.27. The van der Waals surface area contributed by atoms with Gasteiger partial charge in [-0.05, 0) is 54.8 Å². The summed E-state index contributed by atoms with van der Waals surface area (Å²) in [5.74, 6) is 0.315. The maximum atomic E-state index is 13.3. The highest BCUT2D eigenvalue weighted by Gasteiger charge is 2.36. The molecule has 5 rings (SSSR count). The van der Waals surface area contributed by atoms with Crippen molar-refractivity contribution in [1.29, 1.82) is 0 Å². The zero-order valence-corrected chi connectivity index (χ0v) is 18.2. The van der Waals surface area contributed by atoms with Crippen molar-refractivity contribution in [2.24, 2.45) is 4.99 Å². The SMILES string of the molecule is Cc1ccccc1[C@@H]1CN(C)CC1NC(=O)N1CCC2=C(C1)C(c1ccncc1)=NC2. The number of aliphatic imine (C=N–C) groups is 1. The van der Waals surface area contributed by atoms with Gasteiger partial charge in [0.1, 0.15) is 0 Å². The van der Waals surface area contributed by atoms with Gasteiger partial charge in [-0.15, -0.1) is 0 Å². The number of aryl methyl sites for hydroxylation is 1. The number of hydrogen-bond acceptors (Lipinski definition) is 4. The summed E-state index contributed by atoms with van der Waals surface area (Å²) in [6.07, 6.45) is 4.49. The molecule has 2 amide bonds. The van der Waals surface area contributed by atoms with Gasteiger partial charge < -0.3 is 15.1 Å². The van der Waals surface area contributed by atoms with Gasteiger partial charge >= 0.3 is 6.03 Å². The average Bonchev–Trinajstić information content (AvgIpc) is 3.37. The zero-order valence-electron chi connectivity index (χ0n) is 18.2. The van der Waals surface area contributed by atoms with E-state index in [4.69, 9.17) is 4.99 Å². The Kier molecular flexibility index (Phi) is 5.32. The molecule has 1 aromatic carbocycles. The second-order valence-corrected chi connectivity index (χ2v) is 8.89. The minimum atomic E-state index is 0.0337. The summed E-state index contributed by atoms with van der Waals surface area (Å²) in [4.78, 5) is 26.4. The van der Waals surface area contributed by atoms with Crippen LogP contribution in [0.15, 0.2) is 64.9 Å². The summed E-state index contributed by atoms with van der Waals surface area (Å²) in [5, 5.41) is 3.36. The maximum absolute atomic E-state index is 13.3. The fraction of sp³-hybridized carbons (Fsp3) is 0.400. The van der Waals surface area contributed by atoms with Crippen molar-refractivity contribution in [3.8, 4) is 0 Å². The van der Waals surface area contributed by atoms with Crippen molar-refractivity contribution in [3.63, 3.8) is 0 Å². The van der Waals surface area contributed by atoms with Crippen LogP contribution in [0.3, 0.4) is 0 Å². The molecule has 6 heteroatoms. The lowest BCUT2D eigenvalue weighted by Crippen LogP contribution is -2.49. The van der Waals surface area contributed by atoms with Crippen LogP contribution in [-0.2, 0) is 0 Å². The van der Waals surface area contributed by atoms with E-state index in [1.54, 1.807) is 12.4 Å². The number of pyridine rings is 1. The molecule has 4 heterocycles. The minimum absolute atomic E-state index is 0.0337. The average molecular weight is 416 g/mol. The smallest absolute Gasteiger partial charge is 0.317 e. The van der Waals surface area contributed by atoms with E-state index in [1.165, 1.54) is 22.3 Å². The molecule has 0 aliphatic carbocycles. The predicted octanol–water partition coefficient (Wildman–Crippen LogP) is 3.00. The highest BCUT2D eigenvalue weighted by Crippen LogP contribution is 2.30. The zero-order chi connectivity index (χ0) is 21.4. The highest BCUT2D eigenvalue weighted by molar-refractivity contribution is 6.15. The van der Waals surface area contributed by atoms with Gasteiger partial charge in [0.05, 0.1) is 18.3 Å². The largest absolute Gasteiger partial charge is 0.333 e. The van der Waals surface area contributed by atoms with Crippen molar-refractivity contribution in [1.82, 2.24) is 20.1 Å². The number of aromatic nitrogens is 1. The predicted molar refractivity (Wildman–Crippen MR) is 123 cm³/mol. The third-order valence-electron chi connectivity index (χ3n) is 6.81. The van der Waals surface area contributed by atoms with Gasteiger partial charge in [0, 0.05) is 50.1 Å². The highest BCUT2D eigenvalue weighted by atomic mass is 16.2. The van der Waals surface area contributed by atoms with Crippen LogP contribution in [0.5, 0.6) is 0 Å². The van der Waals surface area contributed by atoms with Crippen LogP contribution in [0.2, 0.25) is 0 Å². The first-order valence-corrected chi connectivity index (χ1v) is 11.1. The topological polar surface area (TPSA) is 60.8 Å². The summed E-state index contributed by atoms with van der Waals surface area (Å²) >= 11 is 0. The Balaban J connectivity index is 1.30. The van der Waals surface area contributed by atoms with E-state index < -0.39 is 0 Å². The molecule has 31 heavy (non-hydrogen) atoms. The lowest BCUT2D eigenvalue weighted by molar-refractivity contribution is 0.196. The summed E-state index contributed by atoms with van der Waals surface area (Å²) < 4.78 is 0. The number of nitrogens with one attached hydrogen (secondary N) is 1. The molecule has 2 atom stereocenters. The molecule has 1 N–H and O–H groups in total. The van der Waals surface area contributed by atoms with Crippen LogP contribution in [0.1, 0.15) is 29.0 Å². The third kappa shape index (κ3) is 3.88. The van der Waals surface area contributed by atoms with Crippen LogP contribution in [0.25, 0.3) is 0 Å². The summed E-state index contributed by atoms with van der Waals surface area (Å²) in [6, 6.07) is 12.7. The van der Waals surface area contributed by atoms with Gasteiger partial charge in [0.25, 0.3) is 0 Å². The van der Waals surface area contributed by atoms with Crippen molar-refractivity contribution in [2.75, 3.05) is 39.8 Å². The van der Waals surface area contributed by atoms with Crippen molar-refractivity contribution < 1.29 is 4.79 Å². The number of carbonyl (C=O) groups is 1. The normalized spacial score (nSPS) is 23.7. The van der Waals surface area contributed by atoms with Crippen LogP contribution in [-0.4, -0.2) is 72.3 Å². The molecule has 1 fully saturated rings. The van der Waals surface area contributed by atoms with Gasteiger partial charge in [0.15, 0.2) is 0 Å². The fourth-order valence-corrected chi connectivity index (χ4v) is 5.15. The molecule has 1 unspecified atom stereocenters. The summed E-state index contributed by atoms with van der Waals surface area (Å²) in [7, 11) is 2.13. The first-order chi connectivity index (χ1) is 15.1. The fourth-order valence-electron chi connectivity index (χ4n) is 5.15. The Hall–Kier alpha value is -2.99. The van der Waals surface area contributed by atoms with Crippen molar-refractivity contribution in [3.05, 3.63) is 76.6 Å². The molecule has 0 bridgehead atoms. The molecule has 0 saturated carbocycles. The van der Waals surface area contributed by atoms with Gasteiger partial charge in [-0.3, -0.25) is 9.98 Å². The molecule has 0 radical (unpaired) electrons. The Morgan fingerprint density at radius 3 is 2.74 bits per heavy atom. The first kappa shape index (κ1) is 19.9. The van der Waals surface area contributed by atoms with E-state index in [0.29, 0.717) is 12.5 Å². The molecular formula is C25H29N5O. The third-order valence-corrected chi connectivity index (χ3v) is 6.81. The Bertz CT molecular complexity index is 1040. The first-order valence-electron chi connectivity index (χ1n) is 11.1. The minimum Gasteiger partial charge on any atom is -0.333 e. The molecule has 3 aliphatic rings. The Morgan fingerprint density at radius 1 is 1.13 bits per heavy atom. The molecular weight excluding hydrogens is 386 g/mol. The lowest BCUT2D eigenvalue weighted by atomic mass is 9.91. The number of nitrogens with zero attached hydrogens (tertiary/aromatic N) is 4. The quantitative estimate of drug-likeness (QED) is 0.838. The van der Waals surface area contributed by atoms with E-state index in [9.17, 15) is 4.79 Å². The van der Waals surface area contributed by atoms with E-state index in [0.717, 1.165) is 43.9 Å². The van der Waals surface area contributed by atoms with Gasteiger partial charge in [0.2, 0.25) is 0 Å². The van der Waals surface area contributed by atoms with E-state index in [-0.39, 0.29) is 12.1 Å². The number of amides is 2. The van der Waals surface area contributed by atoms with E-state index >= 15 is 0 Å². The number of hydrogen-bond donors (Lipinski definition) is 1. The van der Waals surface area contributed by atoms with Gasteiger partial charge in [-0.1, -0.05) is 24.3 Å². The Labute approximate surface area is 183 Å². The second-order valence-electron chi connectivity index (χ2n) is 8.89. The van der Waals surface area contributed by atoms with Crippen LogP contribution >= 0.6 is 0 Å². The standard InChI is InChI=1S/C25H29N5O/c1-17-5-3-4-6-20(17)22-14-29(2)16-23(22)28-25(31)30-12-9-19-13-27-24(21(19)15-30)18-7-10-26-11-8-18/h3-8,10-11,22-23H,9,12-16H2,1-2H3,(H,28,31)/t22-,23?/m0/s1. The maximum Gasteiger partial charge on any atom is 0.317 e. The van der Waals surface area contributed by atoms with E-state index in [2.05, 4.69) is 53.4 Å². The van der Waals surface area contributed by atoms with Gasteiger partial charge in [-0.25, -0.2) is 4.79 Å². The van der Waals surface area contributed by atoms with Crippen molar-refractivity contribution >= 4 is 11.7 Å². The number of likely N-dealkylation sites (N-methyl/N-ethyl adjacent to an activating group) is 1. The molecule has 3 aliphatic heterocycles. The number of rotatable bonds is 3. The number of likely N-dealkylation sites (tertiary alicyclic amines) is 1. The van der Waals surface area contributed by atoms with E-state index in [1.807, 2.05) is 17.0 Å². The van der Waals surface area contributed by atoms with Crippen LogP contribution in [0, 0.1) is 6.92 Å². The summed E-state index contributed by atoms with van der Waals surface area (Å²) in [5.41, 5.74) is 7.32. The summed E-state index contributed by atoms with van der Waals surface area (Å²) in [6.45, 7) is 6.12. The van der Waals surface area contributed by atoms with Crippen molar-refractivity contribution in [2.45, 2.75) is 25.3 Å². The monoisotopic (exact) mass is 415 g/mol. The number of carbonyl (C=O) groups excluding carboxylic acids is 1. The molecule has 160 valence electrons. The number of benzene rings is 1. The lowest BCUT2D eigenvalue weighted by Gasteiger charge is -2.31. The van der Waals surface area contributed by atoms with Crippen LogP contribution in [0.4, 0.5) is 4.79 Å². The van der Waals surface area contributed by atoms with Gasteiger partial charge in [-0.2, -0.15) is 0 Å². The Morgan fingerprint density at radius 2 is 1.94 bits per heavy atom.